The Hall–Kier alpha value is -3.46. The fourth-order valence-corrected chi connectivity index (χ4v) is 3.14. The minimum atomic E-state index is -0.384. The van der Waals surface area contributed by atoms with Gasteiger partial charge < -0.3 is 19.7 Å². The molecule has 158 valence electrons. The molecular weight excluding hydrogens is 378 g/mol. The van der Waals surface area contributed by atoms with Crippen LogP contribution in [0.4, 0.5) is 5.69 Å². The second-order valence-electron chi connectivity index (χ2n) is 6.63. The number of anilines is 1. The van der Waals surface area contributed by atoms with Crippen LogP contribution in [0.25, 0.3) is 6.08 Å². The number of methoxy groups -OCH3 is 2. The molecule has 1 amide bonds. The van der Waals surface area contributed by atoms with Gasteiger partial charge in [0, 0.05) is 25.3 Å². The van der Waals surface area contributed by atoms with Gasteiger partial charge in [-0.2, -0.15) is 5.26 Å². The van der Waals surface area contributed by atoms with E-state index in [0.29, 0.717) is 24.5 Å². The predicted molar refractivity (Wildman–Crippen MR) is 120 cm³/mol. The van der Waals surface area contributed by atoms with E-state index < -0.39 is 0 Å². The zero-order valence-electron chi connectivity index (χ0n) is 18.1. The molecule has 2 rings (SSSR count). The standard InChI is InChI=1S/C24H29N3O3/c1-5-27(6-2)21-10-7-18(8-11-21)15-20(17-25)24(28)26-14-13-19-9-12-22(29-3)23(16-19)30-4/h7-12,15-16H,5-6,13-14H2,1-4H3,(H,26,28). The highest BCUT2D eigenvalue weighted by Gasteiger charge is 2.10. The number of carbonyl (C=O) groups excluding carboxylic acids is 1. The van der Waals surface area contributed by atoms with Gasteiger partial charge in [-0.05, 0) is 61.7 Å². The van der Waals surface area contributed by atoms with E-state index in [4.69, 9.17) is 9.47 Å². The SMILES string of the molecule is CCN(CC)c1ccc(C=C(C#N)C(=O)NCCc2ccc(OC)c(OC)c2)cc1. The van der Waals surface area contributed by atoms with E-state index in [1.807, 2.05) is 48.5 Å². The Kier molecular flexibility index (Phi) is 8.76. The second kappa shape index (κ2) is 11.5. The Balaban J connectivity index is 1.99. The Labute approximate surface area is 178 Å². The molecule has 0 saturated carbocycles. The number of rotatable bonds is 10. The smallest absolute Gasteiger partial charge is 0.261 e. The van der Waals surface area contributed by atoms with E-state index in [1.54, 1.807) is 20.3 Å². The third kappa shape index (κ3) is 6.02. The maximum absolute atomic E-state index is 12.4. The lowest BCUT2D eigenvalue weighted by Gasteiger charge is -2.20. The predicted octanol–water partition coefficient (Wildman–Crippen LogP) is 3.82. The molecule has 0 atom stereocenters. The number of ether oxygens (including phenoxy) is 2. The van der Waals surface area contributed by atoms with Crippen molar-refractivity contribution in [1.29, 1.82) is 5.26 Å². The number of nitrogens with zero attached hydrogens (tertiary/aromatic N) is 2. The number of benzene rings is 2. The summed E-state index contributed by atoms with van der Waals surface area (Å²) in [4.78, 5) is 14.6. The van der Waals surface area contributed by atoms with Crippen LogP contribution in [0, 0.1) is 11.3 Å². The number of hydrogen-bond donors (Lipinski definition) is 1. The molecule has 0 spiro atoms. The van der Waals surface area contributed by atoms with Crippen molar-refractivity contribution >= 4 is 17.7 Å². The highest BCUT2D eigenvalue weighted by Crippen LogP contribution is 2.27. The molecule has 0 radical (unpaired) electrons. The maximum atomic E-state index is 12.4. The normalized spacial score (nSPS) is 10.8. The molecule has 0 aliphatic heterocycles. The van der Waals surface area contributed by atoms with Crippen LogP contribution < -0.4 is 19.7 Å². The lowest BCUT2D eigenvalue weighted by molar-refractivity contribution is -0.117. The van der Waals surface area contributed by atoms with Gasteiger partial charge in [0.25, 0.3) is 5.91 Å². The third-order valence-corrected chi connectivity index (χ3v) is 4.84. The van der Waals surface area contributed by atoms with Gasteiger partial charge in [0.05, 0.1) is 14.2 Å². The lowest BCUT2D eigenvalue weighted by Crippen LogP contribution is -2.26. The summed E-state index contributed by atoms with van der Waals surface area (Å²) in [5, 5.41) is 12.2. The highest BCUT2D eigenvalue weighted by molar-refractivity contribution is 6.01. The van der Waals surface area contributed by atoms with E-state index in [0.717, 1.165) is 29.9 Å². The van der Waals surface area contributed by atoms with Crippen molar-refractivity contribution in [2.75, 3.05) is 38.8 Å². The first-order chi connectivity index (χ1) is 14.6. The minimum absolute atomic E-state index is 0.0814. The quantitative estimate of drug-likeness (QED) is 0.479. The van der Waals surface area contributed by atoms with Crippen LogP contribution >= 0.6 is 0 Å². The van der Waals surface area contributed by atoms with Crippen molar-refractivity contribution in [1.82, 2.24) is 5.32 Å². The molecule has 0 aliphatic carbocycles. The minimum Gasteiger partial charge on any atom is -0.493 e. The summed E-state index contributed by atoms with van der Waals surface area (Å²) >= 11 is 0. The van der Waals surface area contributed by atoms with Crippen LogP contribution in [0.3, 0.4) is 0 Å². The van der Waals surface area contributed by atoms with Crippen molar-refractivity contribution < 1.29 is 14.3 Å². The molecule has 0 heterocycles. The summed E-state index contributed by atoms with van der Waals surface area (Å²) in [6.07, 6.45) is 2.22. The first-order valence-electron chi connectivity index (χ1n) is 10.0. The van der Waals surface area contributed by atoms with Crippen LogP contribution in [-0.4, -0.2) is 39.8 Å². The fraction of sp³-hybridized carbons (Fsp3) is 0.333. The van der Waals surface area contributed by atoms with Crippen molar-refractivity contribution in [2.45, 2.75) is 20.3 Å². The highest BCUT2D eigenvalue weighted by atomic mass is 16.5. The fourth-order valence-electron chi connectivity index (χ4n) is 3.14. The number of carbonyl (C=O) groups is 1. The van der Waals surface area contributed by atoms with Crippen LogP contribution in [0.1, 0.15) is 25.0 Å². The number of hydrogen-bond acceptors (Lipinski definition) is 5. The molecule has 0 unspecified atom stereocenters. The van der Waals surface area contributed by atoms with Gasteiger partial charge in [-0.3, -0.25) is 4.79 Å². The molecule has 0 saturated heterocycles. The summed E-state index contributed by atoms with van der Waals surface area (Å²) in [5.74, 6) is 0.921. The first kappa shape index (κ1) is 22.8. The van der Waals surface area contributed by atoms with E-state index in [9.17, 15) is 10.1 Å². The summed E-state index contributed by atoms with van der Waals surface area (Å²) < 4.78 is 10.5. The zero-order valence-corrected chi connectivity index (χ0v) is 18.1. The van der Waals surface area contributed by atoms with Gasteiger partial charge in [0.2, 0.25) is 0 Å². The monoisotopic (exact) mass is 407 g/mol. The largest absolute Gasteiger partial charge is 0.493 e. The van der Waals surface area contributed by atoms with Crippen molar-refractivity contribution in [3.05, 3.63) is 59.2 Å². The van der Waals surface area contributed by atoms with Crippen LogP contribution in [0.2, 0.25) is 0 Å². The van der Waals surface area contributed by atoms with E-state index >= 15 is 0 Å². The van der Waals surface area contributed by atoms with Gasteiger partial charge in [0.1, 0.15) is 11.6 Å². The van der Waals surface area contributed by atoms with Crippen LogP contribution in [-0.2, 0) is 11.2 Å². The second-order valence-corrected chi connectivity index (χ2v) is 6.63. The molecule has 6 nitrogen and oxygen atoms in total. The Morgan fingerprint density at radius 1 is 1.07 bits per heavy atom. The first-order valence-corrected chi connectivity index (χ1v) is 10.0. The van der Waals surface area contributed by atoms with Gasteiger partial charge in [-0.1, -0.05) is 18.2 Å². The van der Waals surface area contributed by atoms with Crippen LogP contribution in [0.5, 0.6) is 11.5 Å². The van der Waals surface area contributed by atoms with E-state index in [1.165, 1.54) is 0 Å². The van der Waals surface area contributed by atoms with Crippen molar-refractivity contribution in [3.8, 4) is 17.6 Å². The molecule has 0 fully saturated rings. The summed E-state index contributed by atoms with van der Waals surface area (Å²) in [5.41, 5.74) is 3.02. The molecular formula is C24H29N3O3. The summed E-state index contributed by atoms with van der Waals surface area (Å²) in [6.45, 7) is 6.48. The molecule has 1 N–H and O–H groups in total. The van der Waals surface area contributed by atoms with Gasteiger partial charge in [-0.15, -0.1) is 0 Å². The van der Waals surface area contributed by atoms with Crippen LogP contribution in [0.15, 0.2) is 48.0 Å². The molecule has 0 aliphatic rings. The summed E-state index contributed by atoms with van der Waals surface area (Å²) in [6, 6.07) is 15.5. The zero-order chi connectivity index (χ0) is 21.9. The molecule has 30 heavy (non-hydrogen) atoms. The van der Waals surface area contributed by atoms with Crippen molar-refractivity contribution in [2.24, 2.45) is 0 Å². The lowest BCUT2D eigenvalue weighted by atomic mass is 10.1. The Bertz CT molecular complexity index is 910. The maximum Gasteiger partial charge on any atom is 0.261 e. The molecule has 2 aromatic carbocycles. The summed E-state index contributed by atoms with van der Waals surface area (Å²) in [7, 11) is 3.17. The number of amides is 1. The molecule has 6 heteroatoms. The van der Waals surface area contributed by atoms with Gasteiger partial charge in [0.15, 0.2) is 11.5 Å². The van der Waals surface area contributed by atoms with E-state index in [2.05, 4.69) is 24.1 Å². The Morgan fingerprint density at radius 2 is 1.73 bits per heavy atom. The molecule has 0 bridgehead atoms. The van der Waals surface area contributed by atoms with Crippen molar-refractivity contribution in [3.63, 3.8) is 0 Å². The number of nitrogens with one attached hydrogen (secondary N) is 1. The number of nitriles is 1. The average Bonchev–Trinajstić information content (AvgIpc) is 2.78. The average molecular weight is 408 g/mol. The molecule has 2 aromatic rings. The third-order valence-electron chi connectivity index (χ3n) is 4.84. The van der Waals surface area contributed by atoms with Gasteiger partial charge in [-0.25, -0.2) is 0 Å². The van der Waals surface area contributed by atoms with E-state index in [-0.39, 0.29) is 11.5 Å². The topological polar surface area (TPSA) is 74.6 Å². The molecule has 0 aromatic heterocycles. The Morgan fingerprint density at radius 3 is 2.30 bits per heavy atom. The van der Waals surface area contributed by atoms with Gasteiger partial charge >= 0.3 is 0 Å².